The van der Waals surface area contributed by atoms with Crippen molar-refractivity contribution in [1.29, 1.82) is 0 Å². The third-order valence-electron chi connectivity index (χ3n) is 4.91. The summed E-state index contributed by atoms with van der Waals surface area (Å²) in [6, 6.07) is 0.948. The van der Waals surface area contributed by atoms with Crippen LogP contribution in [0.15, 0.2) is 4.99 Å². The van der Waals surface area contributed by atoms with Crippen molar-refractivity contribution in [3.05, 3.63) is 0 Å². The number of hydrogen-bond acceptors (Lipinski definition) is 5. The second-order valence-corrected chi connectivity index (χ2v) is 10.0. The minimum atomic E-state index is -2.42. The fraction of sp³-hybridized carbons (Fsp3) is 0.955. The first-order valence-electron chi connectivity index (χ1n) is 11.7. The van der Waals surface area contributed by atoms with Crippen LogP contribution in [0.3, 0.4) is 0 Å². The van der Waals surface area contributed by atoms with Crippen LogP contribution in [0.5, 0.6) is 0 Å². The van der Waals surface area contributed by atoms with Crippen LogP contribution in [0.4, 0.5) is 0 Å². The van der Waals surface area contributed by atoms with Crippen LogP contribution in [0.1, 0.15) is 104 Å². The molecule has 0 amide bonds. The second-order valence-electron chi connectivity index (χ2n) is 7.30. The first-order chi connectivity index (χ1) is 13.7. The monoisotopic (exact) mass is 415 g/mol. The molecule has 6 heteroatoms. The van der Waals surface area contributed by atoms with E-state index in [0.717, 1.165) is 18.9 Å². The average molecular weight is 416 g/mol. The minimum Gasteiger partial charge on any atom is -0.374 e. The Morgan fingerprint density at radius 1 is 0.607 bits per heavy atom. The number of rotatable bonds is 22. The number of unbranched alkanes of at least 4 members (excludes halogenated alkanes) is 12. The summed E-state index contributed by atoms with van der Waals surface area (Å²) in [5.74, 6) is 0. The summed E-state index contributed by atoms with van der Waals surface area (Å²) in [4.78, 5) is 13.5. The van der Waals surface area contributed by atoms with Gasteiger partial charge in [-0.2, -0.15) is 0 Å². The highest BCUT2D eigenvalue weighted by Gasteiger charge is 2.39. The number of isocyanates is 1. The largest absolute Gasteiger partial charge is 0.500 e. The van der Waals surface area contributed by atoms with E-state index in [1.807, 2.05) is 20.8 Å². The third-order valence-corrected chi connectivity index (χ3v) is 8.06. The van der Waals surface area contributed by atoms with Crippen molar-refractivity contribution in [3.63, 3.8) is 0 Å². The number of hydrogen-bond donors (Lipinski definition) is 0. The molecule has 0 aromatic carbocycles. The highest BCUT2D eigenvalue weighted by molar-refractivity contribution is 6.60. The lowest BCUT2D eigenvalue weighted by molar-refractivity contribution is 0.0706. The zero-order valence-electron chi connectivity index (χ0n) is 18.8. The molecule has 0 aliphatic heterocycles. The number of nitrogens with zero attached hydrogens (tertiary/aromatic N) is 1. The lowest BCUT2D eigenvalue weighted by atomic mass is 10.0. The van der Waals surface area contributed by atoms with Crippen LogP contribution in [-0.2, 0) is 18.1 Å². The molecular formula is C22H45NO4Si. The Kier molecular flexibility index (Phi) is 20.8. The molecule has 0 atom stereocenters. The van der Waals surface area contributed by atoms with Crippen LogP contribution in [0.25, 0.3) is 0 Å². The van der Waals surface area contributed by atoms with Gasteiger partial charge < -0.3 is 13.3 Å². The Bertz CT molecular complexity index is 359. The summed E-state index contributed by atoms with van der Waals surface area (Å²) in [6.07, 6.45) is 18.2. The van der Waals surface area contributed by atoms with Gasteiger partial charge in [-0.15, -0.1) is 0 Å². The van der Waals surface area contributed by atoms with Crippen molar-refractivity contribution in [2.24, 2.45) is 4.99 Å². The van der Waals surface area contributed by atoms with Gasteiger partial charge in [0.15, 0.2) is 0 Å². The van der Waals surface area contributed by atoms with Crippen LogP contribution >= 0.6 is 0 Å². The first-order valence-corrected chi connectivity index (χ1v) is 13.6. The smallest absolute Gasteiger partial charge is 0.374 e. The van der Waals surface area contributed by atoms with Crippen LogP contribution in [0.2, 0.25) is 6.04 Å². The Labute approximate surface area is 175 Å². The summed E-state index contributed by atoms with van der Waals surface area (Å²) in [7, 11) is -2.42. The van der Waals surface area contributed by atoms with Gasteiger partial charge in [0.1, 0.15) is 0 Å². The second kappa shape index (κ2) is 21.2. The Morgan fingerprint density at radius 2 is 0.964 bits per heavy atom. The van der Waals surface area contributed by atoms with Gasteiger partial charge in [0.25, 0.3) is 0 Å². The molecule has 0 radical (unpaired) electrons. The quantitative estimate of drug-likeness (QED) is 0.0883. The molecule has 0 unspecified atom stereocenters. The van der Waals surface area contributed by atoms with E-state index >= 15 is 0 Å². The number of aliphatic imine (C=N–C) groups is 1. The van der Waals surface area contributed by atoms with E-state index in [-0.39, 0.29) is 0 Å². The summed E-state index contributed by atoms with van der Waals surface area (Å²) >= 11 is 0. The van der Waals surface area contributed by atoms with Crippen molar-refractivity contribution in [3.8, 4) is 0 Å². The van der Waals surface area contributed by atoms with Gasteiger partial charge in [-0.05, 0) is 33.6 Å². The third kappa shape index (κ3) is 16.4. The van der Waals surface area contributed by atoms with Crippen molar-refractivity contribution in [2.45, 2.75) is 110 Å². The highest BCUT2D eigenvalue weighted by Crippen LogP contribution is 2.21. The van der Waals surface area contributed by atoms with Gasteiger partial charge in [0, 0.05) is 25.9 Å². The van der Waals surface area contributed by atoms with E-state index in [2.05, 4.69) is 4.99 Å². The average Bonchev–Trinajstić information content (AvgIpc) is 2.68. The van der Waals surface area contributed by atoms with E-state index in [4.69, 9.17) is 13.3 Å². The highest BCUT2D eigenvalue weighted by atomic mass is 28.4. The van der Waals surface area contributed by atoms with Crippen molar-refractivity contribution in [1.82, 2.24) is 0 Å². The van der Waals surface area contributed by atoms with Gasteiger partial charge in [-0.25, -0.2) is 9.79 Å². The molecule has 0 saturated carbocycles. The Morgan fingerprint density at radius 3 is 1.32 bits per heavy atom. The molecule has 166 valence electrons. The standard InChI is InChI=1S/C22H45NO4Si/c1-4-25-28(26-5-2,27-6-3)21-19-17-15-13-11-9-7-8-10-12-14-16-18-20-23-22-24/h4-21H2,1-3H3. The lowest BCUT2D eigenvalue weighted by Gasteiger charge is -2.28. The van der Waals surface area contributed by atoms with E-state index < -0.39 is 8.80 Å². The zero-order chi connectivity index (χ0) is 20.8. The summed E-state index contributed by atoms with van der Waals surface area (Å²) in [5.41, 5.74) is 0. The van der Waals surface area contributed by atoms with Crippen LogP contribution in [0, 0.1) is 0 Å². The predicted octanol–water partition coefficient (Wildman–Crippen LogP) is 6.44. The predicted molar refractivity (Wildman–Crippen MR) is 118 cm³/mol. The molecule has 0 heterocycles. The Balaban J connectivity index is 3.49. The zero-order valence-corrected chi connectivity index (χ0v) is 19.8. The maximum absolute atomic E-state index is 9.95. The summed E-state index contributed by atoms with van der Waals surface area (Å²) in [6.45, 7) is 8.71. The van der Waals surface area contributed by atoms with Crippen molar-refractivity contribution >= 4 is 14.9 Å². The maximum atomic E-state index is 9.95. The van der Waals surface area contributed by atoms with Gasteiger partial charge >= 0.3 is 8.80 Å². The molecule has 0 aliphatic carbocycles. The summed E-state index contributed by atoms with van der Waals surface area (Å²) < 4.78 is 17.7. The molecule has 0 fully saturated rings. The van der Waals surface area contributed by atoms with Gasteiger partial charge in [-0.1, -0.05) is 70.6 Å². The molecule has 5 nitrogen and oxygen atoms in total. The molecule has 0 saturated heterocycles. The van der Waals surface area contributed by atoms with E-state index in [9.17, 15) is 4.79 Å². The topological polar surface area (TPSA) is 57.1 Å². The first kappa shape index (κ1) is 27.5. The molecule has 0 bridgehead atoms. The van der Waals surface area contributed by atoms with Gasteiger partial charge in [-0.3, -0.25) is 0 Å². The Hall–Kier alpha value is -0.523. The summed E-state index contributed by atoms with van der Waals surface area (Å²) in [5, 5.41) is 0. The molecule has 0 aromatic rings. The fourth-order valence-electron chi connectivity index (χ4n) is 3.52. The van der Waals surface area contributed by atoms with Crippen molar-refractivity contribution in [2.75, 3.05) is 26.4 Å². The molecule has 0 aliphatic rings. The molecule has 0 spiro atoms. The van der Waals surface area contributed by atoms with Gasteiger partial charge in [0.05, 0.1) is 6.54 Å². The minimum absolute atomic E-state index is 0.648. The van der Waals surface area contributed by atoms with E-state index in [1.54, 1.807) is 6.08 Å². The van der Waals surface area contributed by atoms with Crippen LogP contribution < -0.4 is 0 Å². The lowest BCUT2D eigenvalue weighted by Crippen LogP contribution is -2.45. The normalized spacial score (nSPS) is 11.5. The SMILES string of the molecule is CCO[Si](CCCCCCCCCCCCCCCN=C=O)(OCC)OCC. The van der Waals surface area contributed by atoms with E-state index in [0.29, 0.717) is 26.4 Å². The van der Waals surface area contributed by atoms with Crippen molar-refractivity contribution < 1.29 is 18.1 Å². The van der Waals surface area contributed by atoms with Gasteiger partial charge in [0.2, 0.25) is 6.08 Å². The molecule has 0 N–H and O–H groups in total. The number of carbonyl (C=O) groups excluding carboxylic acids is 1. The van der Waals surface area contributed by atoms with Crippen LogP contribution in [-0.4, -0.2) is 41.2 Å². The molecular weight excluding hydrogens is 370 g/mol. The molecule has 0 rings (SSSR count). The van der Waals surface area contributed by atoms with E-state index in [1.165, 1.54) is 70.6 Å². The molecule has 0 aromatic heterocycles. The molecule has 28 heavy (non-hydrogen) atoms. The maximum Gasteiger partial charge on any atom is 0.500 e. The fourth-order valence-corrected chi connectivity index (χ4v) is 6.21.